The van der Waals surface area contributed by atoms with Gasteiger partial charge in [-0.1, -0.05) is 39.3 Å². The molecule has 7 atom stereocenters. The van der Waals surface area contributed by atoms with E-state index in [1.807, 2.05) is 26.8 Å². The lowest BCUT2D eigenvalue weighted by atomic mass is 9.33. The van der Waals surface area contributed by atoms with E-state index in [-0.39, 0.29) is 29.3 Å². The van der Waals surface area contributed by atoms with Crippen molar-refractivity contribution >= 4 is 24.0 Å². The summed E-state index contributed by atoms with van der Waals surface area (Å²) < 4.78 is 11.0. The van der Waals surface area contributed by atoms with Crippen LogP contribution >= 0.6 is 0 Å². The fraction of sp³-hybridized carbons (Fsp3) is 0.714. The number of fused-ring (bicyclic) bond motifs is 5. The Kier molecular flexibility index (Phi) is 5.52. The lowest BCUT2D eigenvalue weighted by Gasteiger charge is -2.68. The van der Waals surface area contributed by atoms with Crippen LogP contribution in [0.3, 0.4) is 0 Å². The minimum atomic E-state index is -1.74. The monoisotopic (exact) mass is 485 g/mol. The Labute approximate surface area is 207 Å². The van der Waals surface area contributed by atoms with Gasteiger partial charge in [0.1, 0.15) is 17.8 Å². The molecule has 0 N–H and O–H groups in total. The molecule has 35 heavy (non-hydrogen) atoms. The molecule has 0 aromatic rings. The fourth-order valence-corrected chi connectivity index (χ4v) is 9.00. The topological polar surface area (TPSA) is 110 Å². The first-order chi connectivity index (χ1) is 16.1. The molecule has 4 aliphatic rings. The average molecular weight is 486 g/mol. The van der Waals surface area contributed by atoms with E-state index in [1.54, 1.807) is 13.8 Å². The first-order valence-electron chi connectivity index (χ1n) is 12.5. The van der Waals surface area contributed by atoms with E-state index in [2.05, 4.69) is 0 Å². The zero-order valence-electron chi connectivity index (χ0n) is 22.1. The standard InChI is InChI=1S/C28H38O7/c1-15-13-19-25(6,28(23(33)34-8)22(32)16(2)21(31)26(15,28)7)11-9-18-24(4,5)20(35-17(3)30)10-12-27(18,19)14-29/h13-14,18-20,31H,9-12H2,1-8H3/p-1/t18-,19-,20+,25+,26+,27+,28-/m1/s1. The highest BCUT2D eigenvalue weighted by molar-refractivity contribution is 6.17. The Morgan fingerprint density at radius 1 is 1.11 bits per heavy atom. The van der Waals surface area contributed by atoms with Gasteiger partial charge in [0, 0.05) is 23.2 Å². The van der Waals surface area contributed by atoms with E-state index < -0.39 is 44.7 Å². The summed E-state index contributed by atoms with van der Waals surface area (Å²) in [5.74, 6) is -2.48. The largest absolute Gasteiger partial charge is 0.875 e. The van der Waals surface area contributed by atoms with Gasteiger partial charge in [-0.15, -0.1) is 5.76 Å². The second-order valence-corrected chi connectivity index (χ2v) is 12.2. The first kappa shape index (κ1) is 25.6. The summed E-state index contributed by atoms with van der Waals surface area (Å²) in [5.41, 5.74) is -4.80. The molecule has 7 nitrogen and oxygen atoms in total. The van der Waals surface area contributed by atoms with E-state index in [4.69, 9.17) is 9.47 Å². The van der Waals surface area contributed by atoms with Gasteiger partial charge in [-0.3, -0.25) is 14.4 Å². The lowest BCUT2D eigenvalue weighted by molar-refractivity contribution is -0.331. The van der Waals surface area contributed by atoms with Crippen LogP contribution in [-0.4, -0.2) is 37.2 Å². The number of esters is 2. The molecule has 0 heterocycles. The summed E-state index contributed by atoms with van der Waals surface area (Å²) in [6, 6.07) is 0. The van der Waals surface area contributed by atoms with Crippen LogP contribution in [0.5, 0.6) is 0 Å². The third-order valence-electron chi connectivity index (χ3n) is 10.7. The molecule has 0 amide bonds. The van der Waals surface area contributed by atoms with Crippen molar-refractivity contribution in [3.63, 3.8) is 0 Å². The van der Waals surface area contributed by atoms with Crippen LogP contribution in [0.1, 0.15) is 74.1 Å². The minimum absolute atomic E-state index is 0.0636. The number of allylic oxidation sites excluding steroid dienone is 3. The summed E-state index contributed by atoms with van der Waals surface area (Å²) in [5, 5.41) is 13.6. The van der Waals surface area contributed by atoms with Gasteiger partial charge in [0.25, 0.3) is 0 Å². The molecule has 4 rings (SSSR count). The van der Waals surface area contributed by atoms with Crippen LogP contribution in [0.25, 0.3) is 0 Å². The second-order valence-electron chi connectivity index (χ2n) is 12.2. The van der Waals surface area contributed by atoms with E-state index in [1.165, 1.54) is 21.0 Å². The molecule has 2 fully saturated rings. The molecular formula is C28H37O7-. The lowest BCUT2D eigenvalue weighted by Crippen LogP contribution is -2.70. The zero-order chi connectivity index (χ0) is 26.4. The van der Waals surface area contributed by atoms with Gasteiger partial charge in [0.2, 0.25) is 0 Å². The SMILES string of the molecule is COC(=O)[C@@]12C(=O)C(C)=C([O-])[C@]1(C)C(C)=C[C@H]1[C@]3(C=O)CC[C@H](OC(C)=O)C(C)(C)[C@H]3CC[C@@]12C. The Bertz CT molecular complexity index is 1080. The van der Waals surface area contributed by atoms with E-state index in [9.17, 15) is 24.3 Å². The molecule has 0 unspecified atom stereocenters. The van der Waals surface area contributed by atoms with Crippen molar-refractivity contribution in [3.05, 3.63) is 23.0 Å². The molecule has 0 spiro atoms. The third kappa shape index (κ3) is 2.62. The zero-order valence-corrected chi connectivity index (χ0v) is 22.1. The van der Waals surface area contributed by atoms with Crippen molar-refractivity contribution in [3.8, 4) is 0 Å². The summed E-state index contributed by atoms with van der Waals surface area (Å²) in [4.78, 5) is 52.7. The number of Topliss-reactive ketones (excluding diaryl/α,β-unsaturated/α-hetero) is 1. The van der Waals surface area contributed by atoms with E-state index >= 15 is 0 Å². The maximum Gasteiger partial charge on any atom is 0.321 e. The molecule has 7 heteroatoms. The van der Waals surface area contributed by atoms with Crippen molar-refractivity contribution in [2.24, 2.45) is 38.9 Å². The summed E-state index contributed by atoms with van der Waals surface area (Å²) in [7, 11) is 1.25. The number of carbonyl (C=O) groups is 4. The van der Waals surface area contributed by atoms with Crippen LogP contribution in [-0.2, 0) is 28.7 Å². The second kappa shape index (κ2) is 7.53. The number of carbonyl (C=O) groups excluding carboxylic acids is 4. The maximum absolute atomic E-state index is 14.0. The Morgan fingerprint density at radius 3 is 2.29 bits per heavy atom. The van der Waals surface area contributed by atoms with Crippen LogP contribution in [0.2, 0.25) is 0 Å². The third-order valence-corrected chi connectivity index (χ3v) is 10.7. The van der Waals surface area contributed by atoms with Gasteiger partial charge in [-0.2, -0.15) is 0 Å². The Hall–Kier alpha value is -2.44. The number of hydrogen-bond donors (Lipinski definition) is 0. The van der Waals surface area contributed by atoms with Crippen molar-refractivity contribution in [1.82, 2.24) is 0 Å². The van der Waals surface area contributed by atoms with E-state index in [0.717, 1.165) is 6.29 Å². The van der Waals surface area contributed by atoms with Gasteiger partial charge in [-0.05, 0) is 62.4 Å². The fourth-order valence-electron chi connectivity index (χ4n) is 9.00. The molecule has 0 aromatic heterocycles. The molecule has 2 saturated carbocycles. The summed E-state index contributed by atoms with van der Waals surface area (Å²) in [6.45, 7) is 12.3. The van der Waals surface area contributed by atoms with Gasteiger partial charge in [0.15, 0.2) is 5.78 Å². The predicted octanol–water partition coefficient (Wildman–Crippen LogP) is 3.30. The average Bonchev–Trinajstić information content (AvgIpc) is 2.95. The highest BCUT2D eigenvalue weighted by atomic mass is 16.5. The van der Waals surface area contributed by atoms with Crippen molar-refractivity contribution in [2.45, 2.75) is 80.3 Å². The van der Waals surface area contributed by atoms with Crippen molar-refractivity contribution in [2.75, 3.05) is 7.11 Å². The Morgan fingerprint density at radius 2 is 1.74 bits per heavy atom. The highest BCUT2D eigenvalue weighted by Crippen LogP contribution is 2.76. The smallest absolute Gasteiger partial charge is 0.321 e. The minimum Gasteiger partial charge on any atom is -0.875 e. The molecule has 0 aliphatic heterocycles. The maximum atomic E-state index is 14.0. The van der Waals surface area contributed by atoms with Gasteiger partial charge in [-0.25, -0.2) is 0 Å². The predicted molar refractivity (Wildman–Crippen MR) is 125 cm³/mol. The normalized spacial score (nSPS) is 43.9. The molecule has 0 saturated heterocycles. The number of methoxy groups -OCH3 is 1. The van der Waals surface area contributed by atoms with Gasteiger partial charge < -0.3 is 19.4 Å². The molecular weight excluding hydrogens is 448 g/mol. The van der Waals surface area contributed by atoms with Crippen LogP contribution < -0.4 is 5.11 Å². The molecule has 0 aromatic carbocycles. The molecule has 4 aliphatic carbocycles. The van der Waals surface area contributed by atoms with Crippen molar-refractivity contribution in [1.29, 1.82) is 0 Å². The first-order valence-corrected chi connectivity index (χ1v) is 12.5. The van der Waals surface area contributed by atoms with Crippen LogP contribution in [0.4, 0.5) is 0 Å². The number of ketones is 1. The Balaban J connectivity index is 1.99. The summed E-state index contributed by atoms with van der Waals surface area (Å²) in [6.07, 6.45) is 4.65. The van der Waals surface area contributed by atoms with Gasteiger partial charge in [0.05, 0.1) is 7.11 Å². The van der Waals surface area contributed by atoms with Crippen molar-refractivity contribution < 1.29 is 33.8 Å². The number of ether oxygens (including phenoxy) is 2. The van der Waals surface area contributed by atoms with Crippen LogP contribution in [0, 0.1) is 38.9 Å². The molecule has 0 bridgehead atoms. The van der Waals surface area contributed by atoms with Crippen LogP contribution in [0.15, 0.2) is 23.0 Å². The highest BCUT2D eigenvalue weighted by Gasteiger charge is 2.79. The number of rotatable bonds is 3. The quantitative estimate of drug-likeness (QED) is 0.261. The summed E-state index contributed by atoms with van der Waals surface area (Å²) >= 11 is 0. The molecule has 0 radical (unpaired) electrons. The number of aldehydes is 1. The number of hydrogen-bond acceptors (Lipinski definition) is 7. The molecule has 192 valence electrons. The van der Waals surface area contributed by atoms with E-state index in [0.29, 0.717) is 31.3 Å². The van der Waals surface area contributed by atoms with Gasteiger partial charge >= 0.3 is 11.9 Å².